The summed E-state index contributed by atoms with van der Waals surface area (Å²) in [5, 5.41) is 0. The summed E-state index contributed by atoms with van der Waals surface area (Å²) in [4.78, 5) is 42.5. The first-order valence-corrected chi connectivity index (χ1v) is 10.3. The largest absolute Gasteiger partial charge is 0.467 e. The van der Waals surface area contributed by atoms with Gasteiger partial charge in [-0.3, -0.25) is 9.59 Å². The number of aryl methyl sites for hydroxylation is 1. The normalized spacial score (nSPS) is 21.7. The van der Waals surface area contributed by atoms with Crippen LogP contribution in [0.1, 0.15) is 30.0 Å². The van der Waals surface area contributed by atoms with Gasteiger partial charge in [0.1, 0.15) is 18.1 Å². The Labute approximate surface area is 176 Å². The SMILES string of the molecule is COC(=O)[C@H](CCc1ccccc1)N1C(=O)C2Cc3ccccc3CN2C(=O)[C@@H]1C. The number of rotatable bonds is 5. The molecule has 156 valence electrons. The Kier molecular flexibility index (Phi) is 5.57. The van der Waals surface area contributed by atoms with Crippen molar-refractivity contribution in [1.82, 2.24) is 9.80 Å². The Hall–Kier alpha value is -3.15. The van der Waals surface area contributed by atoms with Crippen molar-refractivity contribution in [3.8, 4) is 0 Å². The molecule has 3 atom stereocenters. The summed E-state index contributed by atoms with van der Waals surface area (Å²) in [6.45, 7) is 2.13. The van der Waals surface area contributed by atoms with Crippen LogP contribution in [-0.4, -0.2) is 52.8 Å². The fourth-order valence-corrected chi connectivity index (χ4v) is 4.58. The molecular formula is C24H26N2O4. The topological polar surface area (TPSA) is 66.9 Å². The highest BCUT2D eigenvalue weighted by atomic mass is 16.5. The van der Waals surface area contributed by atoms with Crippen molar-refractivity contribution in [2.45, 2.75) is 50.9 Å². The van der Waals surface area contributed by atoms with Crippen molar-refractivity contribution < 1.29 is 19.1 Å². The maximum absolute atomic E-state index is 13.5. The molecule has 1 saturated heterocycles. The van der Waals surface area contributed by atoms with Crippen LogP contribution in [-0.2, 0) is 38.5 Å². The Morgan fingerprint density at radius 3 is 2.40 bits per heavy atom. The van der Waals surface area contributed by atoms with Crippen LogP contribution in [0.4, 0.5) is 0 Å². The van der Waals surface area contributed by atoms with Gasteiger partial charge in [-0.05, 0) is 36.5 Å². The lowest BCUT2D eigenvalue weighted by molar-refractivity contribution is -0.170. The predicted octanol–water partition coefficient (Wildman–Crippen LogP) is 2.34. The number of hydrogen-bond acceptors (Lipinski definition) is 4. The van der Waals surface area contributed by atoms with E-state index in [-0.39, 0.29) is 11.8 Å². The Morgan fingerprint density at radius 2 is 1.70 bits per heavy atom. The van der Waals surface area contributed by atoms with E-state index in [1.807, 2.05) is 54.6 Å². The number of amides is 2. The second kappa shape index (κ2) is 8.30. The molecule has 30 heavy (non-hydrogen) atoms. The van der Waals surface area contributed by atoms with Crippen molar-refractivity contribution in [3.05, 3.63) is 71.3 Å². The monoisotopic (exact) mass is 406 g/mol. The third kappa shape index (κ3) is 3.58. The van der Waals surface area contributed by atoms with Crippen LogP contribution in [0.15, 0.2) is 54.6 Å². The predicted molar refractivity (Wildman–Crippen MR) is 111 cm³/mol. The zero-order valence-corrected chi connectivity index (χ0v) is 17.3. The molecule has 4 rings (SSSR count). The molecule has 0 N–H and O–H groups in total. The molecule has 1 unspecified atom stereocenters. The highest BCUT2D eigenvalue weighted by molar-refractivity contribution is 5.99. The molecule has 6 heteroatoms. The van der Waals surface area contributed by atoms with Crippen LogP contribution < -0.4 is 0 Å². The van der Waals surface area contributed by atoms with Gasteiger partial charge in [-0.2, -0.15) is 0 Å². The molecule has 2 aliphatic heterocycles. The van der Waals surface area contributed by atoms with Gasteiger partial charge in [-0.25, -0.2) is 4.79 Å². The Morgan fingerprint density at radius 1 is 1.03 bits per heavy atom. The highest BCUT2D eigenvalue weighted by Crippen LogP contribution is 2.31. The maximum atomic E-state index is 13.5. The molecular weight excluding hydrogens is 380 g/mol. The third-order valence-electron chi connectivity index (χ3n) is 6.20. The molecule has 2 amide bonds. The van der Waals surface area contributed by atoms with Crippen molar-refractivity contribution in [2.75, 3.05) is 7.11 Å². The first-order valence-electron chi connectivity index (χ1n) is 10.3. The number of benzene rings is 2. The minimum absolute atomic E-state index is 0.122. The summed E-state index contributed by atoms with van der Waals surface area (Å²) < 4.78 is 5.02. The van der Waals surface area contributed by atoms with E-state index in [1.165, 1.54) is 12.0 Å². The zero-order valence-electron chi connectivity index (χ0n) is 17.3. The Bertz CT molecular complexity index is 959. The number of carbonyl (C=O) groups is 3. The third-order valence-corrected chi connectivity index (χ3v) is 6.20. The average molecular weight is 406 g/mol. The number of methoxy groups -OCH3 is 1. The van der Waals surface area contributed by atoms with E-state index >= 15 is 0 Å². The summed E-state index contributed by atoms with van der Waals surface area (Å²) >= 11 is 0. The quantitative estimate of drug-likeness (QED) is 0.715. The molecule has 2 aromatic carbocycles. The molecule has 1 fully saturated rings. The fourth-order valence-electron chi connectivity index (χ4n) is 4.58. The minimum atomic E-state index is -0.791. The van der Waals surface area contributed by atoms with Gasteiger partial charge in [0.15, 0.2) is 0 Å². The molecule has 0 radical (unpaired) electrons. The lowest BCUT2D eigenvalue weighted by Crippen LogP contribution is -2.68. The van der Waals surface area contributed by atoms with Crippen LogP contribution in [0.5, 0.6) is 0 Å². The summed E-state index contributed by atoms with van der Waals surface area (Å²) in [6.07, 6.45) is 1.49. The van der Waals surface area contributed by atoms with Crippen LogP contribution in [0, 0.1) is 0 Å². The minimum Gasteiger partial charge on any atom is -0.467 e. The first kappa shape index (κ1) is 20.1. The van der Waals surface area contributed by atoms with Gasteiger partial charge < -0.3 is 14.5 Å². The smallest absolute Gasteiger partial charge is 0.328 e. The van der Waals surface area contributed by atoms with Gasteiger partial charge in [0.2, 0.25) is 11.8 Å². The first-order chi connectivity index (χ1) is 14.5. The lowest BCUT2D eigenvalue weighted by atomic mass is 9.89. The van der Waals surface area contributed by atoms with Gasteiger partial charge >= 0.3 is 5.97 Å². The van der Waals surface area contributed by atoms with Crippen molar-refractivity contribution in [3.63, 3.8) is 0 Å². The van der Waals surface area contributed by atoms with E-state index in [1.54, 1.807) is 11.8 Å². The zero-order chi connectivity index (χ0) is 21.3. The van der Waals surface area contributed by atoms with Gasteiger partial charge in [0, 0.05) is 13.0 Å². The number of nitrogens with zero attached hydrogens (tertiary/aromatic N) is 2. The highest BCUT2D eigenvalue weighted by Gasteiger charge is 2.49. The number of piperazine rings is 1. The molecule has 2 heterocycles. The number of esters is 1. The van der Waals surface area contributed by atoms with Crippen LogP contribution in [0.25, 0.3) is 0 Å². The maximum Gasteiger partial charge on any atom is 0.328 e. The summed E-state index contributed by atoms with van der Waals surface area (Å²) in [5.41, 5.74) is 3.22. The standard InChI is InChI=1S/C24H26N2O4/c1-16-22(27)25-15-19-11-7-6-10-18(19)14-21(25)23(28)26(16)20(24(29)30-2)13-12-17-8-4-3-5-9-17/h3-11,16,20-21H,12-15H2,1-2H3/t16-,20-,21?/m0/s1. The Balaban J connectivity index is 1.62. The molecule has 2 aliphatic rings. The van der Waals surface area contributed by atoms with Crippen molar-refractivity contribution in [1.29, 1.82) is 0 Å². The van der Waals surface area contributed by atoms with Crippen LogP contribution in [0.3, 0.4) is 0 Å². The lowest BCUT2D eigenvalue weighted by Gasteiger charge is -2.48. The van der Waals surface area contributed by atoms with Crippen LogP contribution in [0.2, 0.25) is 0 Å². The van der Waals surface area contributed by atoms with E-state index < -0.39 is 24.1 Å². The van der Waals surface area contributed by atoms with Gasteiger partial charge in [-0.15, -0.1) is 0 Å². The molecule has 2 aromatic rings. The second-order valence-corrected chi connectivity index (χ2v) is 7.94. The van der Waals surface area contributed by atoms with E-state index in [0.717, 1.165) is 16.7 Å². The van der Waals surface area contributed by atoms with Crippen molar-refractivity contribution in [2.24, 2.45) is 0 Å². The van der Waals surface area contributed by atoms with E-state index in [2.05, 4.69) is 0 Å². The van der Waals surface area contributed by atoms with Crippen molar-refractivity contribution >= 4 is 17.8 Å². The van der Waals surface area contributed by atoms with E-state index in [4.69, 9.17) is 4.74 Å². The summed E-state index contributed by atoms with van der Waals surface area (Å²) in [6, 6.07) is 15.6. The van der Waals surface area contributed by atoms with Gasteiger partial charge in [0.05, 0.1) is 7.11 Å². The molecule has 0 saturated carbocycles. The summed E-state index contributed by atoms with van der Waals surface area (Å²) in [5.74, 6) is -0.786. The molecule has 0 bridgehead atoms. The van der Waals surface area contributed by atoms with Gasteiger partial charge in [0.25, 0.3) is 0 Å². The van der Waals surface area contributed by atoms with E-state index in [9.17, 15) is 14.4 Å². The fraction of sp³-hybridized carbons (Fsp3) is 0.375. The molecule has 0 spiro atoms. The second-order valence-electron chi connectivity index (χ2n) is 7.94. The van der Waals surface area contributed by atoms with Crippen LogP contribution >= 0.6 is 0 Å². The van der Waals surface area contributed by atoms with Gasteiger partial charge in [-0.1, -0.05) is 54.6 Å². The number of hydrogen-bond donors (Lipinski definition) is 0. The molecule has 6 nitrogen and oxygen atoms in total. The number of carbonyl (C=O) groups excluding carboxylic acids is 3. The van der Waals surface area contributed by atoms with E-state index in [0.29, 0.717) is 25.8 Å². The molecule has 0 aliphatic carbocycles. The number of ether oxygens (including phenoxy) is 1. The summed E-state index contributed by atoms with van der Waals surface area (Å²) in [7, 11) is 1.32. The number of fused-ring (bicyclic) bond motifs is 2. The average Bonchev–Trinajstić information content (AvgIpc) is 2.79. The molecule has 0 aromatic heterocycles.